The fourth-order valence-corrected chi connectivity index (χ4v) is 4.81. The Kier molecular flexibility index (Phi) is 7.74. The average molecular weight is 487 g/mol. The third kappa shape index (κ3) is 6.23. The molecular weight excluding hydrogens is 451 g/mol. The molecule has 0 unspecified atom stereocenters. The van der Waals surface area contributed by atoms with Crippen molar-refractivity contribution in [2.75, 3.05) is 18.5 Å². The Hall–Kier alpha value is -1.64. The summed E-state index contributed by atoms with van der Waals surface area (Å²) in [4.78, 5) is 29.2. The highest BCUT2D eigenvalue weighted by molar-refractivity contribution is 6.74. The topological polar surface area (TPSA) is 59.1 Å². The van der Waals surface area contributed by atoms with E-state index in [9.17, 15) is 14.0 Å². The second-order valence-corrected chi connectivity index (χ2v) is 16.0. The van der Waals surface area contributed by atoms with E-state index in [2.05, 4.69) is 33.9 Å². The van der Waals surface area contributed by atoms with E-state index in [0.717, 1.165) is 0 Å². The summed E-state index contributed by atoms with van der Waals surface area (Å²) in [5.74, 6) is -0.866. The highest BCUT2D eigenvalue weighted by Crippen LogP contribution is 2.39. The quantitative estimate of drug-likeness (QED) is 0.501. The van der Waals surface area contributed by atoms with E-state index >= 15 is 0 Å². The second kappa shape index (κ2) is 9.31. The molecule has 1 aliphatic heterocycles. The number of anilines is 1. The number of hydrogen-bond acceptors (Lipinski definition) is 4. The first-order chi connectivity index (χ1) is 14.4. The van der Waals surface area contributed by atoms with E-state index in [0.29, 0.717) is 12.1 Å². The van der Waals surface area contributed by atoms with Crippen LogP contribution in [0.15, 0.2) is 18.2 Å². The van der Waals surface area contributed by atoms with E-state index in [1.54, 1.807) is 27.8 Å². The molecule has 6 nitrogen and oxygen atoms in total. The Labute approximate surface area is 197 Å². The van der Waals surface area contributed by atoms with Crippen LogP contribution in [0.5, 0.6) is 0 Å². The molecule has 0 bridgehead atoms. The lowest BCUT2D eigenvalue weighted by molar-refractivity contribution is -0.122. The SMILES string of the molecule is CN(C(=O)[C@@H]1C[C@H](O[Si](C)(C)C(C)(C)C)CN1C(=O)OC(C)(C)C)c1ccc(F)c(Cl)c1. The maximum Gasteiger partial charge on any atom is 0.411 e. The summed E-state index contributed by atoms with van der Waals surface area (Å²) in [5.41, 5.74) is -0.251. The number of amides is 2. The molecule has 0 saturated carbocycles. The number of likely N-dealkylation sites (N-methyl/N-ethyl adjacent to an activating group) is 1. The minimum absolute atomic E-state index is 0.00645. The highest BCUT2D eigenvalue weighted by atomic mass is 35.5. The summed E-state index contributed by atoms with van der Waals surface area (Å²) < 4.78 is 25.7. The van der Waals surface area contributed by atoms with Gasteiger partial charge in [0.25, 0.3) is 0 Å². The van der Waals surface area contributed by atoms with Crippen LogP contribution < -0.4 is 4.90 Å². The summed E-state index contributed by atoms with van der Waals surface area (Å²) in [6.45, 7) is 16.4. The molecule has 180 valence electrons. The van der Waals surface area contributed by atoms with Crippen LogP contribution in [0.1, 0.15) is 48.0 Å². The number of hydrogen-bond donors (Lipinski definition) is 0. The molecule has 1 fully saturated rings. The summed E-state index contributed by atoms with van der Waals surface area (Å²) >= 11 is 5.90. The number of carbonyl (C=O) groups is 2. The smallest absolute Gasteiger partial charge is 0.411 e. The summed E-state index contributed by atoms with van der Waals surface area (Å²) in [6, 6.07) is 3.33. The van der Waals surface area contributed by atoms with Gasteiger partial charge in [0.1, 0.15) is 17.5 Å². The Morgan fingerprint density at radius 2 is 1.78 bits per heavy atom. The van der Waals surface area contributed by atoms with Crippen LogP contribution in [-0.2, 0) is 14.0 Å². The van der Waals surface area contributed by atoms with Gasteiger partial charge in [-0.15, -0.1) is 0 Å². The number of rotatable bonds is 4. The van der Waals surface area contributed by atoms with Crippen molar-refractivity contribution in [2.24, 2.45) is 0 Å². The van der Waals surface area contributed by atoms with Crippen molar-refractivity contribution in [2.45, 2.75) is 83.8 Å². The van der Waals surface area contributed by atoms with Gasteiger partial charge in [-0.2, -0.15) is 0 Å². The predicted molar refractivity (Wildman–Crippen MR) is 128 cm³/mol. The highest BCUT2D eigenvalue weighted by Gasteiger charge is 2.47. The molecule has 32 heavy (non-hydrogen) atoms. The maximum absolute atomic E-state index is 13.6. The van der Waals surface area contributed by atoms with Crippen molar-refractivity contribution >= 4 is 37.6 Å². The zero-order valence-corrected chi connectivity index (χ0v) is 22.3. The van der Waals surface area contributed by atoms with Gasteiger partial charge in [0, 0.05) is 25.7 Å². The van der Waals surface area contributed by atoms with Gasteiger partial charge < -0.3 is 14.1 Å². The summed E-state index contributed by atoms with van der Waals surface area (Å²) in [7, 11) is -0.529. The molecule has 0 N–H and O–H groups in total. The normalized spacial score (nSPS) is 19.8. The molecule has 0 spiro atoms. The van der Waals surface area contributed by atoms with Crippen molar-refractivity contribution < 1.29 is 23.1 Å². The average Bonchev–Trinajstić information content (AvgIpc) is 3.03. The fourth-order valence-electron chi connectivity index (χ4n) is 3.28. The first-order valence-corrected chi connectivity index (χ1v) is 14.1. The zero-order valence-electron chi connectivity index (χ0n) is 20.6. The Bertz CT molecular complexity index is 867. The molecule has 1 aromatic carbocycles. The monoisotopic (exact) mass is 486 g/mol. The number of likely N-dealkylation sites (tertiary alicyclic amines) is 1. The van der Waals surface area contributed by atoms with E-state index in [1.807, 2.05) is 0 Å². The number of carbonyl (C=O) groups excluding carboxylic acids is 2. The van der Waals surface area contributed by atoms with Gasteiger partial charge in [-0.3, -0.25) is 9.69 Å². The fraction of sp³-hybridized carbons (Fsp3) is 0.652. The molecule has 2 atom stereocenters. The molecular formula is C23H36ClFN2O4Si. The lowest BCUT2D eigenvalue weighted by Gasteiger charge is -2.38. The van der Waals surface area contributed by atoms with Crippen molar-refractivity contribution in [3.8, 4) is 0 Å². The van der Waals surface area contributed by atoms with Crippen molar-refractivity contribution in [1.82, 2.24) is 4.90 Å². The predicted octanol–water partition coefficient (Wildman–Crippen LogP) is 5.84. The van der Waals surface area contributed by atoms with E-state index in [4.69, 9.17) is 20.8 Å². The molecule has 2 amide bonds. The number of benzene rings is 1. The van der Waals surface area contributed by atoms with Crippen LogP contribution in [0.4, 0.5) is 14.9 Å². The van der Waals surface area contributed by atoms with Crippen LogP contribution in [0, 0.1) is 5.82 Å². The Balaban J connectivity index is 2.31. The number of nitrogens with zero attached hydrogens (tertiary/aromatic N) is 2. The van der Waals surface area contributed by atoms with Crippen LogP contribution in [0.3, 0.4) is 0 Å². The van der Waals surface area contributed by atoms with Crippen molar-refractivity contribution in [3.63, 3.8) is 0 Å². The van der Waals surface area contributed by atoms with Gasteiger partial charge in [0.15, 0.2) is 8.32 Å². The van der Waals surface area contributed by atoms with E-state index in [-0.39, 0.29) is 28.6 Å². The standard InChI is InChI=1S/C23H36ClFN2O4Si/c1-22(2,3)30-21(29)27-14-16(31-32(8,9)23(4,5)6)13-19(27)20(28)26(7)15-10-11-18(25)17(24)12-15/h10-12,16,19H,13-14H2,1-9H3/t16-,19-/m0/s1. The lowest BCUT2D eigenvalue weighted by atomic mass is 10.1. The van der Waals surface area contributed by atoms with Gasteiger partial charge in [-0.05, 0) is 57.1 Å². The van der Waals surface area contributed by atoms with Crippen molar-refractivity contribution in [3.05, 3.63) is 29.0 Å². The summed E-state index contributed by atoms with van der Waals surface area (Å²) in [6.07, 6.45) is -0.464. The van der Waals surface area contributed by atoms with Gasteiger partial charge in [0.2, 0.25) is 5.91 Å². The molecule has 1 saturated heterocycles. The molecule has 0 aromatic heterocycles. The van der Waals surface area contributed by atoms with Crippen molar-refractivity contribution in [1.29, 1.82) is 0 Å². The number of ether oxygens (including phenoxy) is 1. The molecule has 2 rings (SSSR count). The third-order valence-corrected chi connectivity index (χ3v) is 10.9. The van der Waals surface area contributed by atoms with Gasteiger partial charge in [-0.25, -0.2) is 9.18 Å². The van der Waals surface area contributed by atoms with E-state index < -0.39 is 31.9 Å². The molecule has 1 heterocycles. The minimum atomic E-state index is -2.11. The van der Waals surface area contributed by atoms with Crippen LogP contribution in [0.2, 0.25) is 23.2 Å². The minimum Gasteiger partial charge on any atom is -0.444 e. The van der Waals surface area contributed by atoms with Crippen LogP contribution in [-0.4, -0.2) is 56.6 Å². The molecule has 0 radical (unpaired) electrons. The molecule has 1 aromatic rings. The largest absolute Gasteiger partial charge is 0.444 e. The molecule has 9 heteroatoms. The third-order valence-electron chi connectivity index (χ3n) is 6.06. The lowest BCUT2D eigenvalue weighted by Crippen LogP contribution is -2.48. The van der Waals surface area contributed by atoms with Gasteiger partial charge in [0.05, 0.1) is 11.1 Å². The van der Waals surface area contributed by atoms with Crippen LogP contribution in [0.25, 0.3) is 0 Å². The van der Waals surface area contributed by atoms with E-state index in [1.165, 1.54) is 28.0 Å². The van der Waals surface area contributed by atoms with Gasteiger partial charge in [-0.1, -0.05) is 32.4 Å². The number of halogens is 2. The first kappa shape index (κ1) is 26.6. The zero-order chi connectivity index (χ0) is 24.6. The Morgan fingerprint density at radius 3 is 2.28 bits per heavy atom. The first-order valence-electron chi connectivity index (χ1n) is 10.8. The molecule has 0 aliphatic carbocycles. The Morgan fingerprint density at radius 1 is 1.19 bits per heavy atom. The molecule has 1 aliphatic rings. The summed E-state index contributed by atoms with van der Waals surface area (Å²) in [5, 5.41) is -0.0789. The second-order valence-electron chi connectivity index (χ2n) is 10.9. The van der Waals surface area contributed by atoms with Gasteiger partial charge >= 0.3 is 6.09 Å². The maximum atomic E-state index is 13.6. The van der Waals surface area contributed by atoms with Crippen LogP contribution >= 0.6 is 11.6 Å².